The van der Waals surface area contributed by atoms with Gasteiger partial charge < -0.3 is 15.2 Å². The smallest absolute Gasteiger partial charge is 0.122 e. The number of benzene rings is 2. The predicted molar refractivity (Wildman–Crippen MR) is 93.3 cm³/mol. The first-order valence-corrected chi connectivity index (χ1v) is 8.26. The standard InChI is InChI=1S/C20H25NO2/c1-22-18-10-11-19(23-2)20-15(12-14-6-4-3-5-7-14)13-16(21)8-9-17(18)20/h3-7,10-11,15-16H,8-9,12-13,21H2,1-2H3. The van der Waals surface area contributed by atoms with E-state index in [4.69, 9.17) is 15.2 Å². The second-order valence-corrected chi connectivity index (χ2v) is 6.28. The van der Waals surface area contributed by atoms with Crippen LogP contribution in [0.3, 0.4) is 0 Å². The molecule has 0 aromatic heterocycles. The molecule has 3 rings (SSSR count). The molecule has 23 heavy (non-hydrogen) atoms. The number of methoxy groups -OCH3 is 2. The van der Waals surface area contributed by atoms with E-state index in [-0.39, 0.29) is 6.04 Å². The van der Waals surface area contributed by atoms with Gasteiger partial charge in [-0.05, 0) is 49.3 Å². The maximum absolute atomic E-state index is 6.36. The van der Waals surface area contributed by atoms with Gasteiger partial charge in [0.2, 0.25) is 0 Å². The molecular weight excluding hydrogens is 286 g/mol. The lowest BCUT2D eigenvalue weighted by molar-refractivity contribution is 0.390. The molecule has 2 atom stereocenters. The van der Waals surface area contributed by atoms with E-state index in [1.54, 1.807) is 14.2 Å². The van der Waals surface area contributed by atoms with Crippen molar-refractivity contribution in [3.8, 4) is 11.5 Å². The van der Waals surface area contributed by atoms with Gasteiger partial charge in [0, 0.05) is 17.2 Å². The monoisotopic (exact) mass is 311 g/mol. The molecule has 2 unspecified atom stereocenters. The van der Waals surface area contributed by atoms with Gasteiger partial charge in [0.05, 0.1) is 14.2 Å². The molecule has 0 bridgehead atoms. The van der Waals surface area contributed by atoms with E-state index in [2.05, 4.69) is 30.3 Å². The summed E-state index contributed by atoms with van der Waals surface area (Å²) < 4.78 is 11.3. The normalized spacial score (nSPS) is 20.5. The summed E-state index contributed by atoms with van der Waals surface area (Å²) in [6.07, 6.45) is 3.89. The Morgan fingerprint density at radius 2 is 1.70 bits per heavy atom. The molecule has 1 aliphatic carbocycles. The minimum absolute atomic E-state index is 0.213. The average Bonchev–Trinajstić information content (AvgIpc) is 2.74. The second-order valence-electron chi connectivity index (χ2n) is 6.28. The highest BCUT2D eigenvalue weighted by atomic mass is 16.5. The lowest BCUT2D eigenvalue weighted by atomic mass is 9.85. The molecule has 2 aromatic carbocycles. The van der Waals surface area contributed by atoms with E-state index in [1.807, 2.05) is 12.1 Å². The Labute approximate surface area is 138 Å². The van der Waals surface area contributed by atoms with E-state index in [0.717, 1.165) is 37.2 Å². The van der Waals surface area contributed by atoms with Crippen LogP contribution in [0.4, 0.5) is 0 Å². The maximum atomic E-state index is 6.36. The third-order valence-electron chi connectivity index (χ3n) is 4.80. The maximum Gasteiger partial charge on any atom is 0.122 e. The van der Waals surface area contributed by atoms with Gasteiger partial charge in [-0.1, -0.05) is 30.3 Å². The molecule has 0 saturated heterocycles. The van der Waals surface area contributed by atoms with Crippen LogP contribution in [0.5, 0.6) is 11.5 Å². The molecular formula is C20H25NO2. The minimum Gasteiger partial charge on any atom is -0.496 e. The number of nitrogens with two attached hydrogens (primary N) is 1. The van der Waals surface area contributed by atoms with Crippen LogP contribution in [-0.2, 0) is 12.8 Å². The van der Waals surface area contributed by atoms with Gasteiger partial charge in [-0.15, -0.1) is 0 Å². The summed E-state index contributed by atoms with van der Waals surface area (Å²) in [6.45, 7) is 0. The summed E-state index contributed by atoms with van der Waals surface area (Å²) in [5.74, 6) is 2.26. The zero-order chi connectivity index (χ0) is 16.2. The fourth-order valence-electron chi connectivity index (χ4n) is 3.71. The van der Waals surface area contributed by atoms with Gasteiger partial charge in [0.25, 0.3) is 0 Å². The van der Waals surface area contributed by atoms with Gasteiger partial charge in [0.15, 0.2) is 0 Å². The van der Waals surface area contributed by atoms with Crippen molar-refractivity contribution in [3.05, 3.63) is 59.2 Å². The largest absolute Gasteiger partial charge is 0.496 e. The highest BCUT2D eigenvalue weighted by Crippen LogP contribution is 2.42. The van der Waals surface area contributed by atoms with Crippen LogP contribution in [0, 0.1) is 0 Å². The average molecular weight is 311 g/mol. The molecule has 0 amide bonds. The summed E-state index contributed by atoms with van der Waals surface area (Å²) in [5, 5.41) is 0. The Bertz CT molecular complexity index is 654. The number of ether oxygens (including phenoxy) is 2. The second kappa shape index (κ2) is 7.05. The molecule has 3 nitrogen and oxygen atoms in total. The van der Waals surface area contributed by atoms with Crippen LogP contribution in [0.15, 0.2) is 42.5 Å². The fourth-order valence-corrected chi connectivity index (χ4v) is 3.71. The summed E-state index contributed by atoms with van der Waals surface area (Å²) in [4.78, 5) is 0. The van der Waals surface area contributed by atoms with Gasteiger partial charge >= 0.3 is 0 Å². The van der Waals surface area contributed by atoms with Crippen LogP contribution in [0.25, 0.3) is 0 Å². The van der Waals surface area contributed by atoms with E-state index in [9.17, 15) is 0 Å². The summed E-state index contributed by atoms with van der Waals surface area (Å²) >= 11 is 0. The Balaban J connectivity index is 2.06. The Morgan fingerprint density at radius 3 is 2.39 bits per heavy atom. The third-order valence-corrected chi connectivity index (χ3v) is 4.80. The van der Waals surface area contributed by atoms with Gasteiger partial charge in [-0.25, -0.2) is 0 Å². The topological polar surface area (TPSA) is 44.5 Å². The van der Waals surface area contributed by atoms with Crippen molar-refractivity contribution in [1.82, 2.24) is 0 Å². The SMILES string of the molecule is COc1ccc(OC)c2c1CCC(N)CC2Cc1ccccc1. The number of hydrogen-bond donors (Lipinski definition) is 1. The molecule has 0 fully saturated rings. The number of rotatable bonds is 4. The molecule has 1 aliphatic rings. The van der Waals surface area contributed by atoms with Gasteiger partial charge in [-0.2, -0.15) is 0 Å². The van der Waals surface area contributed by atoms with Crippen molar-refractivity contribution >= 4 is 0 Å². The van der Waals surface area contributed by atoms with Gasteiger partial charge in [0.1, 0.15) is 11.5 Å². The predicted octanol–water partition coefficient (Wildman–Crippen LogP) is 3.69. The first kappa shape index (κ1) is 15.9. The van der Waals surface area contributed by atoms with Crippen molar-refractivity contribution in [2.45, 2.75) is 37.6 Å². The van der Waals surface area contributed by atoms with Gasteiger partial charge in [-0.3, -0.25) is 0 Å². The van der Waals surface area contributed by atoms with Crippen molar-refractivity contribution in [2.24, 2.45) is 5.73 Å². The van der Waals surface area contributed by atoms with Crippen molar-refractivity contribution in [3.63, 3.8) is 0 Å². The Hall–Kier alpha value is -2.00. The van der Waals surface area contributed by atoms with Crippen molar-refractivity contribution < 1.29 is 9.47 Å². The Kier molecular flexibility index (Phi) is 4.87. The zero-order valence-electron chi connectivity index (χ0n) is 13.9. The summed E-state index contributed by atoms with van der Waals surface area (Å²) in [6, 6.07) is 14.8. The highest BCUT2D eigenvalue weighted by molar-refractivity contribution is 5.52. The van der Waals surface area contributed by atoms with Crippen LogP contribution < -0.4 is 15.2 Å². The van der Waals surface area contributed by atoms with E-state index in [1.165, 1.54) is 16.7 Å². The number of hydrogen-bond acceptors (Lipinski definition) is 3. The quantitative estimate of drug-likeness (QED) is 0.876. The zero-order valence-corrected chi connectivity index (χ0v) is 13.9. The molecule has 3 heteroatoms. The number of fused-ring (bicyclic) bond motifs is 1. The van der Waals surface area contributed by atoms with Crippen LogP contribution in [0.1, 0.15) is 35.4 Å². The molecule has 2 aromatic rings. The van der Waals surface area contributed by atoms with Crippen molar-refractivity contribution in [2.75, 3.05) is 14.2 Å². The third kappa shape index (κ3) is 3.35. The van der Waals surface area contributed by atoms with Crippen LogP contribution >= 0.6 is 0 Å². The van der Waals surface area contributed by atoms with E-state index >= 15 is 0 Å². The van der Waals surface area contributed by atoms with E-state index < -0.39 is 0 Å². The fraction of sp³-hybridized carbons (Fsp3) is 0.400. The molecule has 0 spiro atoms. The molecule has 0 saturated carbocycles. The summed E-state index contributed by atoms with van der Waals surface area (Å²) in [7, 11) is 3.48. The molecule has 0 radical (unpaired) electrons. The first-order valence-electron chi connectivity index (χ1n) is 8.26. The first-order chi connectivity index (χ1) is 11.2. The van der Waals surface area contributed by atoms with Crippen LogP contribution in [-0.4, -0.2) is 20.3 Å². The summed E-state index contributed by atoms with van der Waals surface area (Å²) in [5.41, 5.74) is 10.2. The van der Waals surface area contributed by atoms with Crippen molar-refractivity contribution in [1.29, 1.82) is 0 Å². The minimum atomic E-state index is 0.213. The Morgan fingerprint density at radius 1 is 1.00 bits per heavy atom. The lowest BCUT2D eigenvalue weighted by Crippen LogP contribution is -2.22. The van der Waals surface area contributed by atoms with Crippen LogP contribution in [0.2, 0.25) is 0 Å². The molecule has 2 N–H and O–H groups in total. The molecule has 0 aliphatic heterocycles. The molecule has 122 valence electrons. The highest BCUT2D eigenvalue weighted by Gasteiger charge is 2.28. The molecule has 0 heterocycles. The van der Waals surface area contributed by atoms with E-state index in [0.29, 0.717) is 5.92 Å². The lowest BCUT2D eigenvalue weighted by Gasteiger charge is -2.23.